The van der Waals surface area contributed by atoms with Gasteiger partial charge in [0, 0.05) is 76.3 Å². The number of aromatic amines is 2. The first-order chi connectivity index (χ1) is 32.7. The monoisotopic (exact) mass is 851 g/mol. The maximum Gasteiger partial charge on any atom is 0.0737 e. The Hall–Kier alpha value is -8.41. The van der Waals surface area contributed by atoms with Gasteiger partial charge in [-0.15, -0.1) is 0 Å². The van der Waals surface area contributed by atoms with Gasteiger partial charge in [-0.1, -0.05) is 176 Å². The van der Waals surface area contributed by atoms with E-state index in [1.165, 1.54) is 27.9 Å². The highest BCUT2D eigenvalue weighted by atomic mass is 15.1. The molecule has 0 aliphatic carbocycles. The van der Waals surface area contributed by atoms with Gasteiger partial charge in [0.1, 0.15) is 0 Å². The highest BCUT2D eigenvalue weighted by molar-refractivity contribution is 6.00. The molecule has 10 aromatic rings. The van der Waals surface area contributed by atoms with Crippen LogP contribution in [0.1, 0.15) is 33.6 Å². The molecule has 0 amide bonds. The summed E-state index contributed by atoms with van der Waals surface area (Å²) in [5, 5.41) is 0. The van der Waals surface area contributed by atoms with Gasteiger partial charge in [0.25, 0.3) is 0 Å². The van der Waals surface area contributed by atoms with Crippen molar-refractivity contribution in [3.8, 4) is 33.4 Å². The number of anilines is 2. The zero-order valence-electron chi connectivity index (χ0n) is 36.7. The fourth-order valence-electron chi connectivity index (χ4n) is 9.33. The lowest BCUT2D eigenvalue weighted by Gasteiger charge is -2.25. The van der Waals surface area contributed by atoms with Crippen molar-refractivity contribution in [1.29, 1.82) is 0 Å². The average Bonchev–Trinajstić information content (AvgIpc) is 4.17. The smallest absolute Gasteiger partial charge is 0.0737 e. The van der Waals surface area contributed by atoms with Crippen LogP contribution in [-0.2, 0) is 26.2 Å². The maximum atomic E-state index is 5.42. The van der Waals surface area contributed by atoms with E-state index < -0.39 is 0 Å². The molecule has 5 heteroatoms. The molecule has 66 heavy (non-hydrogen) atoms. The zero-order chi connectivity index (χ0) is 44.1. The molecule has 2 N–H and O–H groups in total. The van der Waals surface area contributed by atoms with Gasteiger partial charge in [-0.05, 0) is 99.6 Å². The van der Waals surface area contributed by atoms with Crippen molar-refractivity contribution in [2.24, 2.45) is 0 Å². The van der Waals surface area contributed by atoms with Crippen LogP contribution in [0.5, 0.6) is 0 Å². The first-order valence-electron chi connectivity index (χ1n) is 22.8. The van der Waals surface area contributed by atoms with Crippen molar-refractivity contribution >= 4 is 45.6 Å². The molecular weight excluding hydrogens is 803 g/mol. The molecule has 5 nitrogen and oxygen atoms in total. The predicted octanol–water partition coefficient (Wildman–Crippen LogP) is 15.1. The van der Waals surface area contributed by atoms with Crippen molar-refractivity contribution < 1.29 is 0 Å². The Morgan fingerprint density at radius 3 is 0.924 bits per heavy atom. The Morgan fingerprint density at radius 1 is 0.288 bits per heavy atom. The maximum absolute atomic E-state index is 5.42. The van der Waals surface area contributed by atoms with Crippen LogP contribution in [0.25, 0.3) is 67.6 Å². The van der Waals surface area contributed by atoms with Gasteiger partial charge in [-0.25, -0.2) is 4.98 Å². The highest BCUT2D eigenvalue weighted by Gasteiger charge is 2.19. The molecule has 7 aromatic carbocycles. The summed E-state index contributed by atoms with van der Waals surface area (Å²) in [5.41, 5.74) is 19.9. The summed E-state index contributed by atoms with van der Waals surface area (Å²) in [4.78, 5) is 18.1. The molecule has 6 bridgehead atoms. The first kappa shape index (κ1) is 40.4. The second kappa shape index (κ2) is 18.4. The van der Waals surface area contributed by atoms with Crippen LogP contribution in [0.2, 0.25) is 0 Å². The van der Waals surface area contributed by atoms with Crippen LogP contribution in [0, 0.1) is 0 Å². The summed E-state index contributed by atoms with van der Waals surface area (Å²) in [7, 11) is 0. The summed E-state index contributed by atoms with van der Waals surface area (Å²) in [5.74, 6) is 0. The normalized spacial score (nSPS) is 11.5. The molecule has 3 aromatic heterocycles. The molecule has 0 unspecified atom stereocenters. The van der Waals surface area contributed by atoms with Crippen LogP contribution in [-0.4, -0.2) is 15.0 Å². The van der Waals surface area contributed by atoms with E-state index in [4.69, 9.17) is 4.98 Å². The summed E-state index contributed by atoms with van der Waals surface area (Å²) in [6.45, 7) is 3.21. The lowest BCUT2D eigenvalue weighted by atomic mass is 10.0. The Bertz CT molecular complexity index is 3240. The van der Waals surface area contributed by atoms with Crippen molar-refractivity contribution in [3.05, 3.63) is 258 Å². The molecule has 0 atom stereocenters. The van der Waals surface area contributed by atoms with Gasteiger partial charge in [0.2, 0.25) is 0 Å². The Labute approximate surface area is 386 Å². The molecule has 4 heterocycles. The number of rotatable bonds is 13. The van der Waals surface area contributed by atoms with Crippen LogP contribution in [0.3, 0.4) is 0 Å². The van der Waals surface area contributed by atoms with Gasteiger partial charge in [0.15, 0.2) is 0 Å². The van der Waals surface area contributed by atoms with Crippen molar-refractivity contribution in [2.45, 2.75) is 26.2 Å². The van der Waals surface area contributed by atoms with E-state index in [9.17, 15) is 0 Å². The molecule has 1 aliphatic rings. The number of aromatic nitrogens is 3. The fourth-order valence-corrected chi connectivity index (χ4v) is 9.33. The predicted molar refractivity (Wildman–Crippen MR) is 276 cm³/mol. The number of hydrogen-bond donors (Lipinski definition) is 2. The summed E-state index contributed by atoms with van der Waals surface area (Å²) < 4.78 is 0. The summed E-state index contributed by atoms with van der Waals surface area (Å²) >= 11 is 0. The van der Waals surface area contributed by atoms with E-state index in [1.807, 2.05) is 0 Å². The minimum atomic E-state index is 0.801. The number of benzene rings is 7. The van der Waals surface area contributed by atoms with Gasteiger partial charge >= 0.3 is 0 Å². The second-order valence-electron chi connectivity index (χ2n) is 17.0. The van der Waals surface area contributed by atoms with Crippen LogP contribution >= 0.6 is 0 Å². The van der Waals surface area contributed by atoms with Crippen molar-refractivity contribution in [3.63, 3.8) is 0 Å². The number of fused-ring (bicyclic) bond motifs is 6. The van der Waals surface area contributed by atoms with Gasteiger partial charge < -0.3 is 19.8 Å². The van der Waals surface area contributed by atoms with Crippen molar-refractivity contribution in [1.82, 2.24) is 15.0 Å². The molecule has 0 saturated carbocycles. The molecule has 318 valence electrons. The van der Waals surface area contributed by atoms with Crippen LogP contribution in [0.15, 0.2) is 224 Å². The van der Waals surface area contributed by atoms with E-state index in [1.54, 1.807) is 0 Å². The number of hydrogen-bond acceptors (Lipinski definition) is 3. The minimum Gasteiger partial charge on any atom is -0.363 e. The number of H-pyrrole nitrogens is 2. The van der Waals surface area contributed by atoms with E-state index in [-0.39, 0.29) is 0 Å². The standard InChI is InChI=1S/C61H49N5/c1-6-16-44(17-7-1)40-65(41-45-18-8-2-9-19-45)51-30-26-49(27-31-51)60-55-36-34-53(62-55)59(48-24-14-5-15-25-48)54-35-37-56(63-54)61(58-39-38-57(60)64-58)50-28-32-52(33-29-50)66(42-46-20-10-3-11-21-46)43-47-22-12-4-13-23-47/h1-39,62,64H,40-43H2. The molecule has 0 radical (unpaired) electrons. The molecule has 0 fully saturated rings. The zero-order valence-corrected chi connectivity index (χ0v) is 36.7. The van der Waals surface area contributed by atoms with E-state index in [2.05, 4.69) is 256 Å². The Kier molecular flexibility index (Phi) is 11.2. The lowest BCUT2D eigenvalue weighted by molar-refractivity contribution is 0.800. The third-order valence-corrected chi connectivity index (χ3v) is 12.6. The quantitative estimate of drug-likeness (QED) is 0.121. The van der Waals surface area contributed by atoms with Gasteiger partial charge in [-0.2, -0.15) is 0 Å². The average molecular weight is 852 g/mol. The molecule has 1 aliphatic heterocycles. The van der Waals surface area contributed by atoms with Gasteiger partial charge in [-0.3, -0.25) is 0 Å². The SMILES string of the molecule is C1=Cc2nc1c(-c1ccccc1)c1ccc([nH]1)c(-c1ccc(N(Cc3ccccc3)Cc3ccccc3)cc1)c1ccc([nH]1)c2-c1ccc(N(Cc2ccccc2)Cc2ccccc2)cc1. The molecule has 0 saturated heterocycles. The molecule has 11 rings (SSSR count). The number of nitrogens with zero attached hydrogens (tertiary/aromatic N) is 3. The fraction of sp³-hybridized carbons (Fsp3) is 0.0656. The topological polar surface area (TPSA) is 51.0 Å². The Balaban J connectivity index is 1.04. The lowest BCUT2D eigenvalue weighted by Crippen LogP contribution is -2.22. The second-order valence-corrected chi connectivity index (χ2v) is 17.0. The van der Waals surface area contributed by atoms with Crippen LogP contribution < -0.4 is 9.80 Å². The number of nitrogens with one attached hydrogen (secondary N) is 2. The summed E-state index contributed by atoms with van der Waals surface area (Å²) in [6, 6.07) is 80.5. The van der Waals surface area contributed by atoms with Crippen LogP contribution in [0.4, 0.5) is 11.4 Å². The third kappa shape index (κ3) is 8.62. The Morgan fingerprint density at radius 2 is 0.576 bits per heavy atom. The highest BCUT2D eigenvalue weighted by Crippen LogP contribution is 2.38. The summed E-state index contributed by atoms with van der Waals surface area (Å²) in [6.07, 6.45) is 4.33. The van der Waals surface area contributed by atoms with E-state index in [0.29, 0.717) is 0 Å². The molecule has 0 spiro atoms. The van der Waals surface area contributed by atoms with E-state index in [0.717, 1.165) is 98.7 Å². The third-order valence-electron chi connectivity index (χ3n) is 12.6. The minimum absolute atomic E-state index is 0.801. The molecular formula is C61H49N5. The van der Waals surface area contributed by atoms with Crippen molar-refractivity contribution in [2.75, 3.05) is 9.80 Å². The first-order valence-corrected chi connectivity index (χ1v) is 22.8. The van der Waals surface area contributed by atoms with Gasteiger partial charge in [0.05, 0.1) is 11.4 Å². The largest absolute Gasteiger partial charge is 0.363 e. The van der Waals surface area contributed by atoms with E-state index >= 15 is 0 Å².